The Bertz CT molecular complexity index is 967. The molecule has 1 aliphatic rings. The molecule has 1 fully saturated rings. The zero-order chi connectivity index (χ0) is 20.4. The number of pyridine rings is 1. The molecular formula is C20H21F2N3O3. The van der Waals surface area contributed by atoms with Crippen LogP contribution in [0, 0.1) is 12.7 Å². The number of halogens is 2. The largest absolute Gasteiger partial charge is 0.349 e. The highest BCUT2D eigenvalue weighted by atomic mass is 19.1. The Morgan fingerprint density at radius 2 is 2.04 bits per heavy atom. The molecule has 2 aromatic rings. The van der Waals surface area contributed by atoms with Gasteiger partial charge in [0.05, 0.1) is 5.56 Å². The van der Waals surface area contributed by atoms with Gasteiger partial charge in [-0.25, -0.2) is 8.78 Å². The van der Waals surface area contributed by atoms with Gasteiger partial charge in [-0.1, -0.05) is 18.2 Å². The highest BCUT2D eigenvalue weighted by Gasteiger charge is 2.30. The number of nitrogens with zero attached hydrogens (tertiary/aromatic N) is 1. The Morgan fingerprint density at radius 1 is 1.32 bits per heavy atom. The molecule has 0 spiro atoms. The standard InChI is InChI=1S/C20H21F2N3O3/c1-11-4-3-5-12(17(11)22)10-25(2)20(28)16-6-13(9-23-19(16)27)18(26)24-15-7-14(21)8-15/h3-6,9,14-15H,7-8,10H2,1-2H3,(H,23,27)(H,24,26). The molecular weight excluding hydrogens is 368 g/mol. The van der Waals surface area contributed by atoms with E-state index in [1.807, 2.05) is 0 Å². The number of aromatic amines is 1. The molecule has 1 saturated carbocycles. The third-order valence-electron chi connectivity index (χ3n) is 4.84. The van der Waals surface area contributed by atoms with Crippen molar-refractivity contribution in [3.63, 3.8) is 0 Å². The summed E-state index contributed by atoms with van der Waals surface area (Å²) in [6.07, 6.45) is 0.811. The summed E-state index contributed by atoms with van der Waals surface area (Å²) < 4.78 is 27.1. The van der Waals surface area contributed by atoms with Gasteiger partial charge in [0.25, 0.3) is 17.4 Å². The smallest absolute Gasteiger partial charge is 0.260 e. The molecule has 1 heterocycles. The normalized spacial score (nSPS) is 18.3. The number of aryl methyl sites for hydroxylation is 1. The van der Waals surface area contributed by atoms with Crippen molar-refractivity contribution in [1.29, 1.82) is 0 Å². The van der Waals surface area contributed by atoms with Crippen molar-refractivity contribution in [2.45, 2.75) is 38.5 Å². The molecule has 0 radical (unpaired) electrons. The predicted molar refractivity (Wildman–Crippen MR) is 99.4 cm³/mol. The minimum atomic E-state index is -0.909. The molecule has 2 amide bonds. The van der Waals surface area contributed by atoms with Crippen molar-refractivity contribution in [2.24, 2.45) is 0 Å². The Hall–Kier alpha value is -3.03. The first-order chi connectivity index (χ1) is 13.3. The summed E-state index contributed by atoms with van der Waals surface area (Å²) in [7, 11) is 1.45. The van der Waals surface area contributed by atoms with Crippen LogP contribution in [0.15, 0.2) is 35.3 Å². The number of carbonyl (C=O) groups excluding carboxylic acids is 2. The molecule has 0 bridgehead atoms. The molecule has 1 aromatic carbocycles. The first-order valence-electron chi connectivity index (χ1n) is 8.93. The van der Waals surface area contributed by atoms with E-state index in [0.717, 1.165) is 0 Å². The van der Waals surface area contributed by atoms with E-state index >= 15 is 0 Å². The fraction of sp³-hybridized carbons (Fsp3) is 0.350. The number of carbonyl (C=O) groups is 2. The summed E-state index contributed by atoms with van der Waals surface area (Å²) >= 11 is 0. The van der Waals surface area contributed by atoms with E-state index in [-0.39, 0.29) is 36.6 Å². The van der Waals surface area contributed by atoms with Gasteiger partial charge in [-0.3, -0.25) is 14.4 Å². The molecule has 148 valence electrons. The minimum absolute atomic E-state index is 0.0256. The Kier molecular flexibility index (Phi) is 5.58. The van der Waals surface area contributed by atoms with Crippen LogP contribution in [0.25, 0.3) is 0 Å². The van der Waals surface area contributed by atoms with E-state index in [2.05, 4.69) is 10.3 Å². The fourth-order valence-corrected chi connectivity index (χ4v) is 3.07. The summed E-state index contributed by atoms with van der Waals surface area (Å²) in [5.41, 5.74) is 0.0134. The molecule has 6 nitrogen and oxygen atoms in total. The number of H-pyrrole nitrogens is 1. The third-order valence-corrected chi connectivity index (χ3v) is 4.84. The van der Waals surface area contributed by atoms with E-state index in [1.165, 1.54) is 24.2 Å². The topological polar surface area (TPSA) is 82.3 Å². The molecule has 2 N–H and O–H groups in total. The van der Waals surface area contributed by atoms with Crippen LogP contribution in [0.5, 0.6) is 0 Å². The van der Waals surface area contributed by atoms with Crippen molar-refractivity contribution in [1.82, 2.24) is 15.2 Å². The van der Waals surface area contributed by atoms with Crippen LogP contribution >= 0.6 is 0 Å². The highest BCUT2D eigenvalue weighted by Crippen LogP contribution is 2.23. The molecule has 1 aromatic heterocycles. The monoisotopic (exact) mass is 389 g/mol. The molecule has 0 aliphatic heterocycles. The first kappa shape index (κ1) is 19.7. The van der Waals surface area contributed by atoms with Gasteiger partial charge >= 0.3 is 0 Å². The number of nitrogens with one attached hydrogen (secondary N) is 2. The second-order valence-corrected chi connectivity index (χ2v) is 7.08. The lowest BCUT2D eigenvalue weighted by Crippen LogP contribution is -2.45. The van der Waals surface area contributed by atoms with E-state index < -0.39 is 29.4 Å². The number of rotatable bonds is 5. The predicted octanol–water partition coefficient (Wildman–Crippen LogP) is 2.32. The zero-order valence-electron chi connectivity index (χ0n) is 15.6. The average molecular weight is 389 g/mol. The van der Waals surface area contributed by atoms with Crippen molar-refractivity contribution in [3.8, 4) is 0 Å². The van der Waals surface area contributed by atoms with Gasteiger partial charge < -0.3 is 15.2 Å². The molecule has 28 heavy (non-hydrogen) atoms. The lowest BCUT2D eigenvalue weighted by atomic mass is 9.90. The number of amides is 2. The second kappa shape index (κ2) is 7.92. The summed E-state index contributed by atoms with van der Waals surface area (Å²) in [6, 6.07) is 5.83. The molecule has 0 saturated heterocycles. The van der Waals surface area contributed by atoms with Crippen molar-refractivity contribution < 1.29 is 18.4 Å². The maximum atomic E-state index is 14.2. The fourth-order valence-electron chi connectivity index (χ4n) is 3.07. The summed E-state index contributed by atoms with van der Waals surface area (Å²) in [5.74, 6) is -1.53. The lowest BCUT2D eigenvalue weighted by molar-refractivity contribution is 0.0782. The van der Waals surface area contributed by atoms with Gasteiger partial charge in [-0.05, 0) is 31.4 Å². The van der Waals surface area contributed by atoms with Crippen LogP contribution in [0.1, 0.15) is 44.7 Å². The van der Waals surface area contributed by atoms with Gasteiger partial charge in [0, 0.05) is 31.4 Å². The van der Waals surface area contributed by atoms with Crippen molar-refractivity contribution in [2.75, 3.05) is 7.05 Å². The summed E-state index contributed by atoms with van der Waals surface area (Å²) in [5, 5.41) is 2.66. The SMILES string of the molecule is Cc1cccc(CN(C)C(=O)c2cc(C(=O)NC3CC(F)C3)c[nH]c2=O)c1F. The molecule has 8 heteroatoms. The Labute approximate surface area is 160 Å². The van der Waals surface area contributed by atoms with Crippen LogP contribution in [-0.4, -0.2) is 41.0 Å². The van der Waals surface area contributed by atoms with Gasteiger partial charge in [-0.2, -0.15) is 0 Å². The molecule has 0 atom stereocenters. The van der Waals surface area contributed by atoms with Crippen molar-refractivity contribution >= 4 is 11.8 Å². The third kappa shape index (κ3) is 4.11. The number of aromatic nitrogens is 1. The maximum absolute atomic E-state index is 14.2. The lowest BCUT2D eigenvalue weighted by Gasteiger charge is -2.30. The van der Waals surface area contributed by atoms with Crippen LogP contribution in [0.3, 0.4) is 0 Å². The van der Waals surface area contributed by atoms with Crippen LogP contribution in [-0.2, 0) is 6.54 Å². The van der Waals surface area contributed by atoms with Crippen LogP contribution < -0.4 is 10.9 Å². The van der Waals surface area contributed by atoms with Crippen LogP contribution in [0.2, 0.25) is 0 Å². The quantitative estimate of drug-likeness (QED) is 0.823. The first-order valence-corrected chi connectivity index (χ1v) is 8.93. The van der Waals surface area contributed by atoms with Gasteiger partial charge in [0.1, 0.15) is 17.6 Å². The zero-order valence-corrected chi connectivity index (χ0v) is 15.6. The maximum Gasteiger partial charge on any atom is 0.260 e. The number of hydrogen-bond donors (Lipinski definition) is 2. The Morgan fingerprint density at radius 3 is 2.71 bits per heavy atom. The van der Waals surface area contributed by atoms with Crippen molar-refractivity contribution in [3.05, 3.63) is 68.9 Å². The van der Waals surface area contributed by atoms with E-state index in [4.69, 9.17) is 0 Å². The number of hydrogen-bond acceptors (Lipinski definition) is 3. The molecule has 1 aliphatic carbocycles. The van der Waals surface area contributed by atoms with E-state index in [0.29, 0.717) is 11.1 Å². The molecule has 0 unspecified atom stereocenters. The van der Waals surface area contributed by atoms with Gasteiger partial charge in [0.2, 0.25) is 0 Å². The summed E-state index contributed by atoms with van der Waals surface area (Å²) in [4.78, 5) is 40.6. The number of alkyl halides is 1. The summed E-state index contributed by atoms with van der Waals surface area (Å²) in [6.45, 7) is 1.60. The number of benzene rings is 1. The second-order valence-electron chi connectivity index (χ2n) is 7.08. The molecule has 3 rings (SSSR count). The van der Waals surface area contributed by atoms with E-state index in [1.54, 1.807) is 25.1 Å². The van der Waals surface area contributed by atoms with E-state index in [9.17, 15) is 23.2 Å². The van der Waals surface area contributed by atoms with Crippen LogP contribution in [0.4, 0.5) is 8.78 Å². The Balaban J connectivity index is 1.76. The van der Waals surface area contributed by atoms with Gasteiger partial charge in [-0.15, -0.1) is 0 Å². The minimum Gasteiger partial charge on any atom is -0.349 e. The average Bonchev–Trinajstić information content (AvgIpc) is 2.64. The van der Waals surface area contributed by atoms with Gasteiger partial charge in [0.15, 0.2) is 0 Å². The highest BCUT2D eigenvalue weighted by molar-refractivity contribution is 5.99.